The van der Waals surface area contributed by atoms with Crippen LogP contribution in [0.1, 0.15) is 43.2 Å². The second-order valence-corrected chi connectivity index (χ2v) is 6.60. The van der Waals surface area contributed by atoms with Gasteiger partial charge in [-0.2, -0.15) is 0 Å². The summed E-state index contributed by atoms with van der Waals surface area (Å²) in [5, 5.41) is 0. The first-order valence-electron chi connectivity index (χ1n) is 8.07. The summed E-state index contributed by atoms with van der Waals surface area (Å²) < 4.78 is 5.53. The summed E-state index contributed by atoms with van der Waals surface area (Å²) in [6.07, 6.45) is 6.91. The predicted molar refractivity (Wildman–Crippen MR) is 83.9 cm³/mol. The van der Waals surface area contributed by atoms with Crippen LogP contribution in [0.4, 0.5) is 0 Å². The van der Waals surface area contributed by atoms with Crippen molar-refractivity contribution in [3.63, 3.8) is 0 Å². The predicted octanol–water partition coefficient (Wildman–Crippen LogP) is 3.00. The standard InChI is InChI=1S/C18H25NO2/c1-19(2)18(10-3-4-11-18)17(20)8-6-14-5-7-16-15(13-14)9-12-21-16/h5,7,13H,3-4,6,8-12H2,1-2H3. The molecule has 114 valence electrons. The van der Waals surface area contributed by atoms with Crippen molar-refractivity contribution >= 4 is 5.78 Å². The highest BCUT2D eigenvalue weighted by Crippen LogP contribution is 2.36. The van der Waals surface area contributed by atoms with Gasteiger partial charge in [0, 0.05) is 12.8 Å². The second-order valence-electron chi connectivity index (χ2n) is 6.60. The number of ketones is 1. The van der Waals surface area contributed by atoms with Crippen LogP contribution in [0.25, 0.3) is 0 Å². The molecule has 0 spiro atoms. The summed E-state index contributed by atoms with van der Waals surface area (Å²) >= 11 is 0. The number of aryl methyl sites for hydroxylation is 1. The van der Waals surface area contributed by atoms with Crippen LogP contribution in [0, 0.1) is 0 Å². The fourth-order valence-corrected chi connectivity index (χ4v) is 3.82. The molecule has 0 amide bonds. The van der Waals surface area contributed by atoms with Gasteiger partial charge in [-0.1, -0.05) is 25.0 Å². The number of ether oxygens (including phenoxy) is 1. The lowest BCUT2D eigenvalue weighted by atomic mass is 9.87. The first kappa shape index (κ1) is 14.6. The van der Waals surface area contributed by atoms with Crippen molar-refractivity contribution in [1.82, 2.24) is 4.90 Å². The van der Waals surface area contributed by atoms with Gasteiger partial charge in [-0.15, -0.1) is 0 Å². The maximum absolute atomic E-state index is 12.7. The van der Waals surface area contributed by atoms with E-state index < -0.39 is 0 Å². The molecule has 0 saturated heterocycles. The lowest BCUT2D eigenvalue weighted by molar-refractivity contribution is -0.129. The highest BCUT2D eigenvalue weighted by Gasteiger charge is 2.41. The third-order valence-corrected chi connectivity index (χ3v) is 5.20. The normalized spacial score (nSPS) is 19.6. The Labute approximate surface area is 127 Å². The summed E-state index contributed by atoms with van der Waals surface area (Å²) in [6, 6.07) is 6.38. The molecule has 3 rings (SSSR count). The zero-order chi connectivity index (χ0) is 14.9. The Morgan fingerprint density at radius 2 is 2.05 bits per heavy atom. The molecule has 1 aromatic carbocycles. The Kier molecular flexibility index (Phi) is 4.03. The quantitative estimate of drug-likeness (QED) is 0.834. The monoisotopic (exact) mass is 287 g/mol. The molecule has 0 aromatic heterocycles. The van der Waals surface area contributed by atoms with Gasteiger partial charge in [0.05, 0.1) is 12.1 Å². The molecule has 21 heavy (non-hydrogen) atoms. The number of benzene rings is 1. The average molecular weight is 287 g/mol. The van der Waals surface area contributed by atoms with Crippen LogP contribution in [0.15, 0.2) is 18.2 Å². The minimum atomic E-state index is -0.195. The van der Waals surface area contributed by atoms with Crippen LogP contribution >= 0.6 is 0 Å². The number of hydrogen-bond acceptors (Lipinski definition) is 3. The first-order valence-corrected chi connectivity index (χ1v) is 8.07. The Morgan fingerprint density at radius 1 is 1.29 bits per heavy atom. The molecule has 1 heterocycles. The van der Waals surface area contributed by atoms with E-state index in [2.05, 4.69) is 37.2 Å². The zero-order valence-electron chi connectivity index (χ0n) is 13.2. The highest BCUT2D eigenvalue weighted by molar-refractivity contribution is 5.88. The highest BCUT2D eigenvalue weighted by atomic mass is 16.5. The van der Waals surface area contributed by atoms with E-state index in [9.17, 15) is 4.79 Å². The van der Waals surface area contributed by atoms with Gasteiger partial charge in [-0.05, 0) is 50.6 Å². The van der Waals surface area contributed by atoms with Crippen molar-refractivity contribution in [3.05, 3.63) is 29.3 Å². The van der Waals surface area contributed by atoms with Crippen LogP contribution in [-0.4, -0.2) is 36.9 Å². The molecule has 3 nitrogen and oxygen atoms in total. The van der Waals surface area contributed by atoms with Gasteiger partial charge in [-0.3, -0.25) is 9.69 Å². The van der Waals surface area contributed by atoms with E-state index in [1.54, 1.807) is 0 Å². The third kappa shape index (κ3) is 2.71. The van der Waals surface area contributed by atoms with Gasteiger partial charge in [0.2, 0.25) is 0 Å². The van der Waals surface area contributed by atoms with Crippen molar-refractivity contribution in [2.45, 2.75) is 50.5 Å². The van der Waals surface area contributed by atoms with E-state index in [0.717, 1.165) is 38.0 Å². The molecular weight excluding hydrogens is 262 g/mol. The minimum absolute atomic E-state index is 0.195. The molecule has 2 aliphatic rings. The average Bonchev–Trinajstić information content (AvgIpc) is 3.13. The number of rotatable bonds is 5. The summed E-state index contributed by atoms with van der Waals surface area (Å²) in [4.78, 5) is 14.9. The van der Waals surface area contributed by atoms with Crippen LogP contribution < -0.4 is 4.74 Å². The summed E-state index contributed by atoms with van der Waals surface area (Å²) in [5.74, 6) is 1.44. The Balaban J connectivity index is 1.65. The van der Waals surface area contributed by atoms with Gasteiger partial charge < -0.3 is 4.74 Å². The molecule has 1 aliphatic carbocycles. The smallest absolute Gasteiger partial charge is 0.153 e. The third-order valence-electron chi connectivity index (χ3n) is 5.20. The van der Waals surface area contributed by atoms with Gasteiger partial charge in [0.25, 0.3) is 0 Å². The van der Waals surface area contributed by atoms with Crippen molar-refractivity contribution < 1.29 is 9.53 Å². The number of Topliss-reactive ketones (excluding diaryl/α,β-unsaturated/α-hetero) is 1. The molecule has 0 atom stereocenters. The number of carbonyl (C=O) groups excluding carboxylic acids is 1. The number of hydrogen-bond donors (Lipinski definition) is 0. The maximum atomic E-state index is 12.7. The van der Waals surface area contributed by atoms with E-state index in [1.165, 1.54) is 24.0 Å². The number of nitrogens with zero attached hydrogens (tertiary/aromatic N) is 1. The van der Waals surface area contributed by atoms with E-state index >= 15 is 0 Å². The van der Waals surface area contributed by atoms with Crippen molar-refractivity contribution in [3.8, 4) is 5.75 Å². The molecule has 1 aliphatic heterocycles. The Morgan fingerprint density at radius 3 is 2.76 bits per heavy atom. The molecule has 0 unspecified atom stereocenters. The maximum Gasteiger partial charge on any atom is 0.153 e. The fraction of sp³-hybridized carbons (Fsp3) is 0.611. The van der Waals surface area contributed by atoms with Gasteiger partial charge >= 0.3 is 0 Å². The SMILES string of the molecule is CN(C)C1(C(=O)CCc2ccc3c(c2)CCO3)CCCC1. The van der Waals surface area contributed by atoms with Gasteiger partial charge in [-0.25, -0.2) is 0 Å². The molecule has 0 radical (unpaired) electrons. The first-order chi connectivity index (χ1) is 10.1. The Bertz CT molecular complexity index is 530. The lowest BCUT2D eigenvalue weighted by Gasteiger charge is -2.34. The zero-order valence-corrected chi connectivity index (χ0v) is 13.2. The molecule has 1 saturated carbocycles. The van der Waals surface area contributed by atoms with Crippen LogP contribution in [0.2, 0.25) is 0 Å². The van der Waals surface area contributed by atoms with Crippen LogP contribution in [-0.2, 0) is 17.6 Å². The van der Waals surface area contributed by atoms with E-state index in [4.69, 9.17) is 4.74 Å². The van der Waals surface area contributed by atoms with E-state index in [0.29, 0.717) is 12.2 Å². The largest absolute Gasteiger partial charge is 0.493 e. The fourth-order valence-electron chi connectivity index (χ4n) is 3.82. The molecule has 1 aromatic rings. The minimum Gasteiger partial charge on any atom is -0.493 e. The summed E-state index contributed by atoms with van der Waals surface area (Å²) in [7, 11) is 4.10. The number of carbonyl (C=O) groups is 1. The van der Waals surface area contributed by atoms with E-state index in [1.807, 2.05) is 0 Å². The number of fused-ring (bicyclic) bond motifs is 1. The molecule has 1 fully saturated rings. The molecule has 0 N–H and O–H groups in total. The van der Waals surface area contributed by atoms with Gasteiger partial charge in [0.15, 0.2) is 5.78 Å². The summed E-state index contributed by atoms with van der Waals surface area (Å²) in [5.41, 5.74) is 2.36. The van der Waals surface area contributed by atoms with Crippen molar-refractivity contribution in [2.75, 3.05) is 20.7 Å². The Hall–Kier alpha value is -1.35. The van der Waals surface area contributed by atoms with Crippen molar-refractivity contribution in [2.24, 2.45) is 0 Å². The van der Waals surface area contributed by atoms with Gasteiger partial charge in [0.1, 0.15) is 5.75 Å². The molecule has 0 bridgehead atoms. The summed E-state index contributed by atoms with van der Waals surface area (Å²) in [6.45, 7) is 0.793. The van der Waals surface area contributed by atoms with E-state index in [-0.39, 0.29) is 5.54 Å². The van der Waals surface area contributed by atoms with Crippen molar-refractivity contribution in [1.29, 1.82) is 0 Å². The molecular formula is C18H25NO2. The molecule has 3 heteroatoms. The second kappa shape index (κ2) is 5.80. The number of likely N-dealkylation sites (N-methyl/N-ethyl adjacent to an activating group) is 1. The topological polar surface area (TPSA) is 29.5 Å². The van der Waals surface area contributed by atoms with Crippen LogP contribution in [0.3, 0.4) is 0 Å². The van der Waals surface area contributed by atoms with Crippen LogP contribution in [0.5, 0.6) is 5.75 Å². The lowest BCUT2D eigenvalue weighted by Crippen LogP contribution is -2.48.